The van der Waals surface area contributed by atoms with Gasteiger partial charge in [0.1, 0.15) is 11.4 Å². The number of hydrogen-bond acceptors (Lipinski definition) is 2. The number of ether oxygens (including phenoxy) is 1. The highest BCUT2D eigenvalue weighted by Crippen LogP contribution is 2.44. The van der Waals surface area contributed by atoms with Crippen LogP contribution < -0.4 is 10.1 Å². The van der Waals surface area contributed by atoms with Crippen molar-refractivity contribution in [2.24, 2.45) is 0 Å². The second-order valence-electron chi connectivity index (χ2n) is 5.45. The van der Waals surface area contributed by atoms with Crippen LogP contribution in [-0.2, 0) is 0 Å². The first-order valence-corrected chi connectivity index (χ1v) is 6.47. The third-order valence-corrected chi connectivity index (χ3v) is 3.53. The maximum absolute atomic E-state index is 13.3. The molecule has 1 unspecified atom stereocenters. The highest BCUT2D eigenvalue weighted by molar-refractivity contribution is 5.51. The molecule has 2 aromatic rings. The number of para-hydroxylation sites is 1. The van der Waals surface area contributed by atoms with Gasteiger partial charge in [-0.25, -0.2) is 8.78 Å². The number of rotatable bonds is 2. The summed E-state index contributed by atoms with van der Waals surface area (Å²) in [5.41, 5.74) is 1.08. The summed E-state index contributed by atoms with van der Waals surface area (Å²) in [5.74, 6) is -0.893. The van der Waals surface area contributed by atoms with E-state index in [0.717, 1.165) is 23.4 Å². The van der Waals surface area contributed by atoms with Crippen molar-refractivity contribution in [3.8, 4) is 5.75 Å². The van der Waals surface area contributed by atoms with Crippen molar-refractivity contribution in [1.29, 1.82) is 0 Å². The number of nitrogens with one attached hydrogen (secondary N) is 1. The number of anilines is 1. The molecule has 0 saturated carbocycles. The Labute approximate surface area is 116 Å². The number of hydrogen-bond donors (Lipinski definition) is 1. The molecule has 0 amide bonds. The van der Waals surface area contributed by atoms with E-state index >= 15 is 0 Å². The third-order valence-electron chi connectivity index (χ3n) is 3.53. The molecule has 0 radical (unpaired) electrons. The Morgan fingerprint density at radius 1 is 1.05 bits per heavy atom. The Balaban J connectivity index is 1.94. The van der Waals surface area contributed by atoms with E-state index in [1.807, 2.05) is 38.1 Å². The molecule has 1 N–H and O–H groups in total. The Kier molecular flexibility index (Phi) is 2.89. The zero-order valence-corrected chi connectivity index (χ0v) is 11.3. The van der Waals surface area contributed by atoms with Gasteiger partial charge in [-0.15, -0.1) is 0 Å². The van der Waals surface area contributed by atoms with Crippen molar-refractivity contribution in [2.75, 3.05) is 5.32 Å². The third kappa shape index (κ3) is 2.11. The Hall–Kier alpha value is -2.10. The predicted molar refractivity (Wildman–Crippen MR) is 73.9 cm³/mol. The first-order valence-electron chi connectivity index (χ1n) is 6.47. The van der Waals surface area contributed by atoms with E-state index in [1.165, 1.54) is 6.07 Å². The summed E-state index contributed by atoms with van der Waals surface area (Å²) in [6.07, 6.45) is 0. The summed E-state index contributed by atoms with van der Waals surface area (Å²) in [5, 5.41) is 3.22. The second kappa shape index (κ2) is 4.47. The molecule has 0 aromatic heterocycles. The van der Waals surface area contributed by atoms with Crippen LogP contribution in [0.15, 0.2) is 42.5 Å². The molecule has 20 heavy (non-hydrogen) atoms. The molecule has 0 fully saturated rings. The number of halogens is 2. The number of fused-ring (bicyclic) bond motifs is 1. The van der Waals surface area contributed by atoms with Gasteiger partial charge in [0.15, 0.2) is 11.6 Å². The predicted octanol–water partition coefficient (Wildman–Crippen LogP) is 4.29. The van der Waals surface area contributed by atoms with E-state index in [0.29, 0.717) is 5.69 Å². The molecular weight excluding hydrogens is 260 g/mol. The maximum atomic E-state index is 13.3. The van der Waals surface area contributed by atoms with Gasteiger partial charge in [-0.05, 0) is 32.0 Å². The molecule has 4 heteroatoms. The molecular formula is C16H15F2NO. The second-order valence-corrected chi connectivity index (χ2v) is 5.45. The average Bonchev–Trinajstić information content (AvgIpc) is 2.65. The molecule has 104 valence electrons. The van der Waals surface area contributed by atoms with E-state index in [2.05, 4.69) is 5.32 Å². The maximum Gasteiger partial charge on any atom is 0.160 e. The zero-order valence-electron chi connectivity index (χ0n) is 11.3. The van der Waals surface area contributed by atoms with Crippen LogP contribution >= 0.6 is 0 Å². The van der Waals surface area contributed by atoms with Gasteiger partial charge in [-0.1, -0.05) is 18.2 Å². The van der Waals surface area contributed by atoms with Gasteiger partial charge in [0.2, 0.25) is 0 Å². The molecule has 1 aliphatic heterocycles. The van der Waals surface area contributed by atoms with Crippen LogP contribution in [0.25, 0.3) is 0 Å². The van der Waals surface area contributed by atoms with Crippen LogP contribution in [0, 0.1) is 11.6 Å². The summed E-state index contributed by atoms with van der Waals surface area (Å²) < 4.78 is 32.2. The van der Waals surface area contributed by atoms with Crippen molar-refractivity contribution in [3.63, 3.8) is 0 Å². The molecule has 3 rings (SSSR count). The van der Waals surface area contributed by atoms with Crippen molar-refractivity contribution in [1.82, 2.24) is 0 Å². The molecule has 0 aliphatic carbocycles. The molecule has 1 aliphatic rings. The van der Waals surface area contributed by atoms with Crippen LogP contribution in [0.1, 0.15) is 25.5 Å². The minimum Gasteiger partial charge on any atom is -0.485 e. The van der Waals surface area contributed by atoms with Gasteiger partial charge >= 0.3 is 0 Å². The standard InChI is InChI=1S/C16H15F2NO/c1-16(2)15(11-5-3-4-6-14(11)20-16)19-10-7-8-12(17)13(18)9-10/h3-9,15,19H,1-2H3. The largest absolute Gasteiger partial charge is 0.485 e. The van der Waals surface area contributed by atoms with E-state index < -0.39 is 17.2 Å². The van der Waals surface area contributed by atoms with Gasteiger partial charge in [-0.2, -0.15) is 0 Å². The Morgan fingerprint density at radius 2 is 1.80 bits per heavy atom. The summed E-state index contributed by atoms with van der Waals surface area (Å²) in [6, 6.07) is 11.4. The lowest BCUT2D eigenvalue weighted by atomic mass is 9.94. The lowest BCUT2D eigenvalue weighted by Gasteiger charge is -2.28. The van der Waals surface area contributed by atoms with Gasteiger partial charge in [0, 0.05) is 17.3 Å². The van der Waals surface area contributed by atoms with Gasteiger partial charge in [0.05, 0.1) is 6.04 Å². The lowest BCUT2D eigenvalue weighted by molar-refractivity contribution is 0.118. The summed E-state index contributed by atoms with van der Waals surface area (Å²) in [4.78, 5) is 0. The quantitative estimate of drug-likeness (QED) is 0.882. The summed E-state index contributed by atoms with van der Waals surface area (Å²) in [7, 11) is 0. The summed E-state index contributed by atoms with van der Waals surface area (Å²) >= 11 is 0. The van der Waals surface area contributed by atoms with Crippen LogP contribution in [0.3, 0.4) is 0 Å². The minimum atomic E-state index is -0.861. The molecule has 1 atom stereocenters. The average molecular weight is 275 g/mol. The van der Waals surface area contributed by atoms with Crippen LogP contribution in [0.4, 0.5) is 14.5 Å². The van der Waals surface area contributed by atoms with E-state index in [9.17, 15) is 8.78 Å². The van der Waals surface area contributed by atoms with Crippen molar-refractivity contribution < 1.29 is 13.5 Å². The highest BCUT2D eigenvalue weighted by Gasteiger charge is 2.40. The summed E-state index contributed by atoms with van der Waals surface area (Å²) in [6.45, 7) is 3.93. The smallest absolute Gasteiger partial charge is 0.160 e. The molecule has 0 bridgehead atoms. The topological polar surface area (TPSA) is 21.3 Å². The first kappa shape index (κ1) is 12.9. The van der Waals surface area contributed by atoms with E-state index in [-0.39, 0.29) is 6.04 Å². The zero-order chi connectivity index (χ0) is 14.3. The van der Waals surface area contributed by atoms with Crippen LogP contribution in [0.2, 0.25) is 0 Å². The molecule has 0 spiro atoms. The Morgan fingerprint density at radius 3 is 2.55 bits per heavy atom. The molecule has 0 saturated heterocycles. The van der Waals surface area contributed by atoms with Gasteiger partial charge in [-0.3, -0.25) is 0 Å². The van der Waals surface area contributed by atoms with Crippen molar-refractivity contribution in [2.45, 2.75) is 25.5 Å². The van der Waals surface area contributed by atoms with Gasteiger partial charge < -0.3 is 10.1 Å². The molecule has 1 heterocycles. The fourth-order valence-electron chi connectivity index (χ4n) is 2.53. The monoisotopic (exact) mass is 275 g/mol. The molecule has 2 aromatic carbocycles. The van der Waals surface area contributed by atoms with Gasteiger partial charge in [0.25, 0.3) is 0 Å². The SMILES string of the molecule is CC1(C)Oc2ccccc2C1Nc1ccc(F)c(F)c1. The van der Waals surface area contributed by atoms with E-state index in [4.69, 9.17) is 4.74 Å². The van der Waals surface area contributed by atoms with Crippen molar-refractivity contribution >= 4 is 5.69 Å². The lowest BCUT2D eigenvalue weighted by Crippen LogP contribution is -2.34. The first-order chi connectivity index (χ1) is 9.47. The van der Waals surface area contributed by atoms with E-state index in [1.54, 1.807) is 0 Å². The minimum absolute atomic E-state index is 0.122. The Bertz CT molecular complexity index is 655. The van der Waals surface area contributed by atoms with Crippen LogP contribution in [0.5, 0.6) is 5.75 Å². The number of benzene rings is 2. The molecule has 2 nitrogen and oxygen atoms in total. The normalized spacial score (nSPS) is 19.3. The van der Waals surface area contributed by atoms with Crippen LogP contribution in [-0.4, -0.2) is 5.60 Å². The fourth-order valence-corrected chi connectivity index (χ4v) is 2.53. The highest BCUT2D eigenvalue weighted by atomic mass is 19.2. The fraction of sp³-hybridized carbons (Fsp3) is 0.250. The van der Waals surface area contributed by atoms with Crippen molar-refractivity contribution in [3.05, 3.63) is 59.7 Å².